The minimum atomic E-state index is -1.28. The Bertz CT molecular complexity index is 806. The lowest BCUT2D eigenvalue weighted by Crippen LogP contribution is -2.53. The fraction of sp³-hybridized carbons (Fsp3) is 0.940. The summed E-state index contributed by atoms with van der Waals surface area (Å²) in [5.74, 6) is -0.594. The first-order valence-electron chi connectivity index (χ1n) is 25.1. The van der Waals surface area contributed by atoms with Crippen molar-refractivity contribution in [2.45, 2.75) is 295 Å². The van der Waals surface area contributed by atoms with E-state index >= 15 is 0 Å². The molecule has 0 bridgehead atoms. The average Bonchev–Trinajstić information content (AvgIpc) is 3.20. The summed E-state index contributed by atoms with van der Waals surface area (Å²) in [6, 6.07) is -0.996. The smallest absolute Gasteiger partial charge is 0.249 e. The van der Waals surface area contributed by atoms with Crippen molar-refractivity contribution >= 4 is 5.91 Å². The molecule has 0 spiro atoms. The van der Waals surface area contributed by atoms with Crippen LogP contribution in [0.4, 0.5) is 0 Å². The lowest BCUT2D eigenvalue weighted by Gasteiger charge is -2.27. The quantitative estimate of drug-likeness (QED) is 0.0311. The molecule has 0 aromatic rings. The zero-order valence-electron chi connectivity index (χ0n) is 37.7. The van der Waals surface area contributed by atoms with Crippen LogP contribution < -0.4 is 5.32 Å². The zero-order chi connectivity index (χ0) is 41.0. The molecule has 0 aromatic carbocycles. The number of hydrogen-bond acceptors (Lipinski definition) is 5. The van der Waals surface area contributed by atoms with Crippen LogP contribution in [0.3, 0.4) is 0 Å². The molecule has 4 unspecified atom stereocenters. The third-order valence-corrected chi connectivity index (χ3v) is 12.0. The molecule has 0 aliphatic rings. The van der Waals surface area contributed by atoms with Gasteiger partial charge in [-0.25, -0.2) is 0 Å². The van der Waals surface area contributed by atoms with Crippen molar-refractivity contribution in [3.63, 3.8) is 0 Å². The maximum absolute atomic E-state index is 12.4. The molecule has 0 saturated heterocycles. The van der Waals surface area contributed by atoms with Gasteiger partial charge in [0.1, 0.15) is 12.2 Å². The molecular formula is C50H99NO5. The van der Waals surface area contributed by atoms with Crippen LogP contribution in [-0.2, 0) is 4.79 Å². The van der Waals surface area contributed by atoms with Gasteiger partial charge >= 0.3 is 0 Å². The number of aliphatic hydroxyl groups excluding tert-OH is 4. The predicted molar refractivity (Wildman–Crippen MR) is 242 cm³/mol. The van der Waals surface area contributed by atoms with Gasteiger partial charge in [-0.1, -0.05) is 244 Å². The van der Waals surface area contributed by atoms with Gasteiger partial charge in [0, 0.05) is 0 Å². The number of rotatable bonds is 46. The molecular weight excluding hydrogens is 695 g/mol. The summed E-state index contributed by atoms with van der Waals surface area (Å²) in [7, 11) is 0. The molecule has 0 aromatic heterocycles. The number of unbranched alkanes of at least 4 members (excludes halogenated alkanes) is 35. The van der Waals surface area contributed by atoms with E-state index in [9.17, 15) is 25.2 Å². The highest BCUT2D eigenvalue weighted by Crippen LogP contribution is 2.17. The lowest BCUT2D eigenvalue weighted by atomic mass is 10.00. The van der Waals surface area contributed by atoms with E-state index in [0.29, 0.717) is 12.8 Å². The summed E-state index contributed by atoms with van der Waals surface area (Å²) in [5.41, 5.74) is 0. The van der Waals surface area contributed by atoms with Crippen molar-refractivity contribution in [1.82, 2.24) is 5.32 Å². The minimum Gasteiger partial charge on any atom is -0.394 e. The van der Waals surface area contributed by atoms with E-state index in [1.54, 1.807) is 0 Å². The van der Waals surface area contributed by atoms with Gasteiger partial charge in [0.25, 0.3) is 0 Å². The van der Waals surface area contributed by atoms with Crippen LogP contribution in [0.1, 0.15) is 271 Å². The highest BCUT2D eigenvalue weighted by atomic mass is 16.3. The van der Waals surface area contributed by atoms with Gasteiger partial charge in [0.15, 0.2) is 0 Å². The van der Waals surface area contributed by atoms with E-state index in [2.05, 4.69) is 31.3 Å². The number of carbonyl (C=O) groups is 1. The van der Waals surface area contributed by atoms with Gasteiger partial charge in [-0.3, -0.25) is 4.79 Å². The Morgan fingerprint density at radius 1 is 0.429 bits per heavy atom. The van der Waals surface area contributed by atoms with Crippen LogP contribution in [0.15, 0.2) is 12.2 Å². The van der Waals surface area contributed by atoms with Crippen molar-refractivity contribution in [2.75, 3.05) is 6.61 Å². The third-order valence-electron chi connectivity index (χ3n) is 12.0. The van der Waals surface area contributed by atoms with Crippen molar-refractivity contribution in [3.8, 4) is 0 Å². The first-order chi connectivity index (χ1) is 27.5. The number of hydrogen-bond donors (Lipinski definition) is 5. The van der Waals surface area contributed by atoms with Crippen LogP contribution in [0.5, 0.6) is 0 Å². The standard InChI is InChI=1S/C50H99NO5/c1-3-5-7-9-11-13-14-15-16-17-18-19-20-21-22-23-24-25-26-27-28-29-30-31-32-33-34-36-37-39-41-43-47(53)49(55)46(45-52)51-50(56)48(54)44-42-40-38-35-12-10-8-6-4-2/h36-37,46-49,52-55H,3-35,38-45H2,1-2H3,(H,51,56)/b37-36+. The Kier molecular flexibility index (Phi) is 44.4. The summed E-state index contributed by atoms with van der Waals surface area (Å²) in [6.07, 6.45) is 51.6. The second-order valence-corrected chi connectivity index (χ2v) is 17.5. The molecule has 0 rings (SSSR count). The van der Waals surface area contributed by atoms with Gasteiger partial charge in [0.05, 0.1) is 18.8 Å². The first-order valence-corrected chi connectivity index (χ1v) is 25.1. The molecule has 1 amide bonds. The van der Waals surface area contributed by atoms with Crippen molar-refractivity contribution in [1.29, 1.82) is 0 Å². The van der Waals surface area contributed by atoms with Crippen molar-refractivity contribution in [2.24, 2.45) is 0 Å². The van der Waals surface area contributed by atoms with Gasteiger partial charge in [0.2, 0.25) is 5.91 Å². The van der Waals surface area contributed by atoms with E-state index < -0.39 is 36.9 Å². The number of nitrogens with one attached hydrogen (secondary N) is 1. The maximum Gasteiger partial charge on any atom is 0.249 e. The van der Waals surface area contributed by atoms with Crippen LogP contribution >= 0.6 is 0 Å². The van der Waals surface area contributed by atoms with Crippen LogP contribution in [-0.4, -0.2) is 57.3 Å². The molecule has 0 aliphatic heterocycles. The van der Waals surface area contributed by atoms with Gasteiger partial charge < -0.3 is 25.7 Å². The monoisotopic (exact) mass is 794 g/mol. The zero-order valence-corrected chi connectivity index (χ0v) is 37.7. The van der Waals surface area contributed by atoms with Crippen molar-refractivity contribution < 1.29 is 25.2 Å². The summed E-state index contributed by atoms with van der Waals surface area (Å²) < 4.78 is 0. The number of carbonyl (C=O) groups excluding carboxylic acids is 1. The largest absolute Gasteiger partial charge is 0.394 e. The van der Waals surface area contributed by atoms with E-state index in [1.165, 1.54) is 205 Å². The molecule has 334 valence electrons. The summed E-state index contributed by atoms with van der Waals surface area (Å²) >= 11 is 0. The Morgan fingerprint density at radius 2 is 0.732 bits per heavy atom. The maximum atomic E-state index is 12.4. The molecule has 0 heterocycles. The van der Waals surface area contributed by atoms with Gasteiger partial charge in [-0.05, 0) is 38.5 Å². The van der Waals surface area contributed by atoms with Gasteiger partial charge in [-0.15, -0.1) is 0 Å². The van der Waals surface area contributed by atoms with Crippen LogP contribution in [0.25, 0.3) is 0 Å². The second-order valence-electron chi connectivity index (χ2n) is 17.5. The van der Waals surface area contributed by atoms with Crippen LogP contribution in [0.2, 0.25) is 0 Å². The molecule has 5 N–H and O–H groups in total. The second kappa shape index (κ2) is 45.1. The molecule has 6 heteroatoms. The molecule has 0 aliphatic carbocycles. The number of allylic oxidation sites excluding steroid dienone is 2. The molecule has 0 fully saturated rings. The highest BCUT2D eigenvalue weighted by Gasteiger charge is 2.28. The Morgan fingerprint density at radius 3 is 1.07 bits per heavy atom. The molecule has 56 heavy (non-hydrogen) atoms. The Labute approximate surface area is 349 Å². The topological polar surface area (TPSA) is 110 Å². The number of amides is 1. The van der Waals surface area contributed by atoms with Crippen molar-refractivity contribution in [3.05, 3.63) is 12.2 Å². The summed E-state index contributed by atoms with van der Waals surface area (Å²) in [4.78, 5) is 12.4. The van der Waals surface area contributed by atoms with E-state index in [-0.39, 0.29) is 0 Å². The fourth-order valence-electron chi connectivity index (χ4n) is 7.99. The minimum absolute atomic E-state index is 0.366. The molecule has 0 saturated carbocycles. The van der Waals surface area contributed by atoms with E-state index in [0.717, 1.165) is 38.5 Å². The Hall–Kier alpha value is -0.950. The van der Waals surface area contributed by atoms with Crippen LogP contribution in [0, 0.1) is 0 Å². The Balaban J connectivity index is 3.55. The summed E-state index contributed by atoms with van der Waals surface area (Å²) in [5, 5.41) is 43.6. The van der Waals surface area contributed by atoms with E-state index in [1.807, 2.05) is 0 Å². The molecule has 4 atom stereocenters. The average molecular weight is 794 g/mol. The SMILES string of the molecule is CCCCCCCCCCCCCCCCCCCCCCCCCCCC/C=C/CCCC(O)C(O)C(CO)NC(=O)C(O)CCCCCCCCCCC. The molecule has 6 nitrogen and oxygen atoms in total. The fourth-order valence-corrected chi connectivity index (χ4v) is 7.99. The summed E-state index contributed by atoms with van der Waals surface area (Å²) in [6.45, 7) is 4.02. The van der Waals surface area contributed by atoms with E-state index in [4.69, 9.17) is 0 Å². The predicted octanol–water partition coefficient (Wildman–Crippen LogP) is 13.7. The normalized spacial score (nSPS) is 14.0. The first kappa shape index (κ1) is 55.0. The molecule has 0 radical (unpaired) electrons. The highest BCUT2D eigenvalue weighted by molar-refractivity contribution is 5.80. The third kappa shape index (κ3) is 38.6. The van der Waals surface area contributed by atoms with Gasteiger partial charge in [-0.2, -0.15) is 0 Å². The lowest BCUT2D eigenvalue weighted by molar-refractivity contribution is -0.132. The number of aliphatic hydroxyl groups is 4.